The standard InChI is InChI=1S/C20H15Cl4F3O2/c21-16-11-15(28-9-7-18(23)24)12-17(22)19(16)29-8-2-1-4-13-5-3-6-14(10-13)20(25,26)27/h1,3-7,10-12H,2,8-9H2/b4-1+. The molecule has 0 amide bonds. The molecule has 0 fully saturated rings. The lowest BCUT2D eigenvalue weighted by atomic mass is 10.1. The first-order chi connectivity index (χ1) is 13.7. The van der Waals surface area contributed by atoms with Crippen LogP contribution in [0.2, 0.25) is 10.0 Å². The fraction of sp³-hybridized carbons (Fsp3) is 0.200. The summed E-state index contributed by atoms with van der Waals surface area (Å²) >= 11 is 23.3. The van der Waals surface area contributed by atoms with Crippen molar-refractivity contribution >= 4 is 52.5 Å². The summed E-state index contributed by atoms with van der Waals surface area (Å²) in [5, 5.41) is 0.519. The molecule has 2 aromatic rings. The van der Waals surface area contributed by atoms with Crippen molar-refractivity contribution in [2.24, 2.45) is 0 Å². The molecule has 0 bridgehead atoms. The van der Waals surface area contributed by atoms with Gasteiger partial charge in [-0.15, -0.1) is 0 Å². The van der Waals surface area contributed by atoms with E-state index in [-0.39, 0.29) is 27.8 Å². The average molecular weight is 486 g/mol. The van der Waals surface area contributed by atoms with Crippen LogP contribution in [0.3, 0.4) is 0 Å². The van der Waals surface area contributed by atoms with E-state index in [1.54, 1.807) is 18.2 Å². The van der Waals surface area contributed by atoms with Crippen LogP contribution in [0.5, 0.6) is 11.5 Å². The lowest BCUT2D eigenvalue weighted by molar-refractivity contribution is -0.137. The van der Waals surface area contributed by atoms with Gasteiger partial charge in [-0.3, -0.25) is 0 Å². The van der Waals surface area contributed by atoms with Crippen LogP contribution in [-0.2, 0) is 6.18 Å². The molecule has 156 valence electrons. The summed E-state index contributed by atoms with van der Waals surface area (Å²) < 4.78 is 49.2. The topological polar surface area (TPSA) is 18.5 Å². The largest absolute Gasteiger partial charge is 0.490 e. The number of hydrogen-bond acceptors (Lipinski definition) is 2. The second-order valence-electron chi connectivity index (χ2n) is 5.68. The van der Waals surface area contributed by atoms with Crippen molar-refractivity contribution in [2.45, 2.75) is 12.6 Å². The number of ether oxygens (including phenoxy) is 2. The van der Waals surface area contributed by atoms with Crippen LogP contribution in [0.25, 0.3) is 6.08 Å². The molecular weight excluding hydrogens is 471 g/mol. The molecule has 2 rings (SSSR count). The predicted octanol–water partition coefficient (Wildman–Crippen LogP) is 8.19. The van der Waals surface area contributed by atoms with E-state index in [1.165, 1.54) is 24.3 Å². The molecule has 0 aliphatic rings. The lowest BCUT2D eigenvalue weighted by Gasteiger charge is -2.11. The van der Waals surface area contributed by atoms with Gasteiger partial charge < -0.3 is 9.47 Å². The second-order valence-corrected chi connectivity index (χ2v) is 7.51. The number of rotatable bonds is 8. The quantitative estimate of drug-likeness (QED) is 0.351. The molecule has 2 aromatic carbocycles. The Hall–Kier alpha value is -1.53. The molecule has 0 aromatic heterocycles. The minimum atomic E-state index is -4.37. The number of halogens is 7. The zero-order valence-corrected chi connectivity index (χ0v) is 17.8. The molecule has 0 saturated heterocycles. The first kappa shape index (κ1) is 23.7. The molecule has 29 heavy (non-hydrogen) atoms. The van der Waals surface area contributed by atoms with E-state index in [9.17, 15) is 13.2 Å². The van der Waals surface area contributed by atoms with E-state index in [0.717, 1.165) is 12.1 Å². The third kappa shape index (κ3) is 8.01. The third-order valence-electron chi connectivity index (χ3n) is 3.51. The van der Waals surface area contributed by atoms with Crippen LogP contribution in [-0.4, -0.2) is 13.2 Å². The van der Waals surface area contributed by atoms with Gasteiger partial charge in [-0.05, 0) is 30.2 Å². The van der Waals surface area contributed by atoms with E-state index in [1.807, 2.05) is 0 Å². The molecule has 0 heterocycles. The zero-order valence-electron chi connectivity index (χ0n) is 14.8. The Bertz CT molecular complexity index is 869. The fourth-order valence-corrected chi connectivity index (χ4v) is 2.93. The Morgan fingerprint density at radius 2 is 1.69 bits per heavy atom. The lowest BCUT2D eigenvalue weighted by Crippen LogP contribution is -2.04. The molecule has 0 spiro atoms. The van der Waals surface area contributed by atoms with E-state index in [4.69, 9.17) is 55.9 Å². The van der Waals surface area contributed by atoms with E-state index < -0.39 is 11.7 Å². The number of benzene rings is 2. The van der Waals surface area contributed by atoms with Crippen LogP contribution in [0.4, 0.5) is 13.2 Å². The summed E-state index contributed by atoms with van der Waals surface area (Å²) in [6.07, 6.45) is 0.834. The summed E-state index contributed by atoms with van der Waals surface area (Å²) in [6.45, 7) is 0.384. The van der Waals surface area contributed by atoms with Crippen LogP contribution in [0.1, 0.15) is 17.5 Å². The maximum Gasteiger partial charge on any atom is 0.416 e. The average Bonchev–Trinajstić information content (AvgIpc) is 2.62. The van der Waals surface area contributed by atoms with Crippen molar-refractivity contribution in [3.63, 3.8) is 0 Å². The molecule has 0 N–H and O–H groups in total. The van der Waals surface area contributed by atoms with E-state index in [2.05, 4.69) is 0 Å². The Morgan fingerprint density at radius 1 is 1.00 bits per heavy atom. The first-order valence-electron chi connectivity index (χ1n) is 8.26. The van der Waals surface area contributed by atoms with Crippen molar-refractivity contribution in [3.8, 4) is 11.5 Å². The highest BCUT2D eigenvalue weighted by Gasteiger charge is 2.30. The van der Waals surface area contributed by atoms with Crippen molar-refractivity contribution in [3.05, 3.63) is 74.2 Å². The fourth-order valence-electron chi connectivity index (χ4n) is 2.23. The van der Waals surface area contributed by atoms with Gasteiger partial charge in [0.05, 0.1) is 22.2 Å². The van der Waals surface area contributed by atoms with Crippen molar-refractivity contribution in [1.82, 2.24) is 0 Å². The SMILES string of the molecule is FC(F)(F)c1cccc(/C=C/CCOc2c(Cl)cc(OCC=C(Cl)Cl)cc2Cl)c1. The summed E-state index contributed by atoms with van der Waals surface area (Å²) in [4.78, 5) is 0. The minimum Gasteiger partial charge on any atom is -0.490 e. The van der Waals surface area contributed by atoms with Crippen molar-refractivity contribution < 1.29 is 22.6 Å². The van der Waals surface area contributed by atoms with Gasteiger partial charge in [0.2, 0.25) is 0 Å². The highest BCUT2D eigenvalue weighted by molar-refractivity contribution is 6.55. The van der Waals surface area contributed by atoms with Gasteiger partial charge in [0.15, 0.2) is 5.75 Å². The summed E-state index contributed by atoms with van der Waals surface area (Å²) in [6, 6.07) is 8.13. The molecule has 9 heteroatoms. The molecule has 0 aliphatic heterocycles. The number of alkyl halides is 3. The van der Waals surface area contributed by atoms with Gasteiger partial charge in [-0.2, -0.15) is 13.2 Å². The maximum absolute atomic E-state index is 12.7. The molecule has 0 radical (unpaired) electrons. The van der Waals surface area contributed by atoms with Crippen LogP contribution in [0.15, 0.2) is 53.0 Å². The molecule has 0 atom stereocenters. The number of hydrogen-bond donors (Lipinski definition) is 0. The first-order valence-corrected chi connectivity index (χ1v) is 9.77. The van der Waals surface area contributed by atoms with Gasteiger partial charge in [0.25, 0.3) is 0 Å². The zero-order chi connectivity index (χ0) is 21.4. The maximum atomic E-state index is 12.7. The summed E-state index contributed by atoms with van der Waals surface area (Å²) in [7, 11) is 0. The normalized spacial score (nSPS) is 11.6. The minimum absolute atomic E-state index is 0.0836. The molecular formula is C20H15Cl4F3O2. The highest BCUT2D eigenvalue weighted by Crippen LogP contribution is 2.37. The molecule has 0 aliphatic carbocycles. The Kier molecular flexibility index (Phi) is 9.03. The monoisotopic (exact) mass is 484 g/mol. The van der Waals surface area contributed by atoms with E-state index in [0.29, 0.717) is 23.5 Å². The van der Waals surface area contributed by atoms with Crippen LogP contribution < -0.4 is 9.47 Å². The van der Waals surface area contributed by atoms with Gasteiger partial charge in [-0.1, -0.05) is 70.7 Å². The van der Waals surface area contributed by atoms with Crippen LogP contribution in [0, 0.1) is 0 Å². The molecule has 0 unspecified atom stereocenters. The second kappa shape index (κ2) is 11.0. The van der Waals surface area contributed by atoms with Gasteiger partial charge >= 0.3 is 6.18 Å². The van der Waals surface area contributed by atoms with Gasteiger partial charge in [0, 0.05) is 12.1 Å². The van der Waals surface area contributed by atoms with Gasteiger partial charge in [0.1, 0.15) is 16.8 Å². The summed E-state index contributed by atoms with van der Waals surface area (Å²) in [5.74, 6) is 0.710. The highest BCUT2D eigenvalue weighted by atomic mass is 35.5. The van der Waals surface area contributed by atoms with Crippen molar-refractivity contribution in [2.75, 3.05) is 13.2 Å². The summed E-state index contributed by atoms with van der Waals surface area (Å²) in [5.41, 5.74) is -0.246. The van der Waals surface area contributed by atoms with Gasteiger partial charge in [-0.25, -0.2) is 0 Å². The smallest absolute Gasteiger partial charge is 0.416 e. The Balaban J connectivity index is 1.90. The predicted molar refractivity (Wildman–Crippen MR) is 112 cm³/mol. The molecule has 0 saturated carbocycles. The third-order valence-corrected chi connectivity index (χ3v) is 4.38. The Morgan fingerprint density at radius 3 is 2.31 bits per heavy atom. The Labute approximate surface area is 186 Å². The molecule has 2 nitrogen and oxygen atoms in total. The van der Waals surface area contributed by atoms with Crippen molar-refractivity contribution in [1.29, 1.82) is 0 Å². The van der Waals surface area contributed by atoms with E-state index >= 15 is 0 Å². The van der Waals surface area contributed by atoms with Crippen LogP contribution >= 0.6 is 46.4 Å².